The van der Waals surface area contributed by atoms with Crippen molar-refractivity contribution < 1.29 is 18.0 Å². The third-order valence-electron chi connectivity index (χ3n) is 5.03. The molecule has 1 aliphatic carbocycles. The van der Waals surface area contributed by atoms with Gasteiger partial charge in [-0.2, -0.15) is 0 Å². The van der Waals surface area contributed by atoms with Crippen LogP contribution in [0.3, 0.4) is 0 Å². The van der Waals surface area contributed by atoms with Crippen LogP contribution in [0.4, 0.5) is 11.4 Å². The largest absolute Gasteiger partial charge is 0.353 e. The fourth-order valence-electron chi connectivity index (χ4n) is 3.38. The maximum Gasteiger partial charge on any atom is 0.263 e. The predicted molar refractivity (Wildman–Crippen MR) is 117 cm³/mol. The highest BCUT2D eigenvalue weighted by Gasteiger charge is 2.51. The number of nitrogens with one attached hydrogen (secondary N) is 3. The van der Waals surface area contributed by atoms with Crippen LogP contribution >= 0.6 is 0 Å². The molecule has 0 aliphatic heterocycles. The minimum Gasteiger partial charge on any atom is -0.353 e. The molecule has 160 valence electrons. The highest BCUT2D eigenvalue weighted by atomic mass is 32.2. The third-order valence-corrected chi connectivity index (χ3v) is 6.45. The first-order valence-corrected chi connectivity index (χ1v) is 11.3. The normalized spacial score (nSPS) is 14.8. The Kier molecular flexibility index (Phi) is 5.90. The van der Waals surface area contributed by atoms with Crippen molar-refractivity contribution >= 4 is 33.2 Å². The minimum atomic E-state index is -3.92. The highest BCUT2D eigenvalue weighted by molar-refractivity contribution is 7.92. The summed E-state index contributed by atoms with van der Waals surface area (Å²) in [5.41, 5.74) is 1.72. The number of carbonyl (C=O) groups is 2. The van der Waals surface area contributed by atoms with Crippen LogP contribution in [-0.2, 0) is 25.0 Å². The van der Waals surface area contributed by atoms with E-state index in [0.717, 1.165) is 24.0 Å². The Balaban J connectivity index is 1.83. The molecule has 0 bridgehead atoms. The van der Waals surface area contributed by atoms with Crippen LogP contribution in [0.1, 0.15) is 44.7 Å². The van der Waals surface area contributed by atoms with E-state index in [2.05, 4.69) is 15.4 Å². The van der Waals surface area contributed by atoms with Gasteiger partial charge >= 0.3 is 0 Å². The Labute approximate surface area is 177 Å². The number of amides is 2. The number of hydrogen-bond acceptors (Lipinski definition) is 4. The van der Waals surface area contributed by atoms with Crippen LogP contribution in [0, 0.1) is 6.92 Å². The molecule has 0 spiro atoms. The number of aryl methyl sites for hydroxylation is 1. The lowest BCUT2D eigenvalue weighted by atomic mass is 9.94. The van der Waals surface area contributed by atoms with Crippen molar-refractivity contribution in [1.29, 1.82) is 0 Å². The van der Waals surface area contributed by atoms with Gasteiger partial charge in [-0.25, -0.2) is 8.42 Å². The van der Waals surface area contributed by atoms with Gasteiger partial charge < -0.3 is 10.6 Å². The summed E-state index contributed by atoms with van der Waals surface area (Å²) in [5, 5.41) is 5.52. The van der Waals surface area contributed by atoms with Gasteiger partial charge in [0.2, 0.25) is 11.8 Å². The number of rotatable bonds is 7. The fourth-order valence-corrected chi connectivity index (χ4v) is 4.69. The molecule has 8 heteroatoms. The second-order valence-electron chi connectivity index (χ2n) is 8.07. The van der Waals surface area contributed by atoms with Gasteiger partial charge in [0, 0.05) is 18.7 Å². The molecule has 2 amide bonds. The van der Waals surface area contributed by atoms with E-state index in [9.17, 15) is 18.0 Å². The zero-order valence-electron chi connectivity index (χ0n) is 17.6. The summed E-state index contributed by atoms with van der Waals surface area (Å²) in [4.78, 5) is 24.0. The monoisotopic (exact) mass is 429 g/mol. The van der Waals surface area contributed by atoms with Gasteiger partial charge in [-0.1, -0.05) is 18.2 Å². The Bertz CT molecular complexity index is 1070. The minimum absolute atomic E-state index is 0.00301. The first-order chi connectivity index (χ1) is 14.0. The van der Waals surface area contributed by atoms with Crippen molar-refractivity contribution in [3.8, 4) is 0 Å². The number of carbonyl (C=O) groups excluding carboxylic acids is 2. The van der Waals surface area contributed by atoms with E-state index < -0.39 is 15.4 Å². The van der Waals surface area contributed by atoms with Crippen LogP contribution in [0.25, 0.3) is 0 Å². The molecule has 1 fully saturated rings. The number of anilines is 2. The molecule has 30 heavy (non-hydrogen) atoms. The van der Waals surface area contributed by atoms with Gasteiger partial charge in [0.25, 0.3) is 10.0 Å². The van der Waals surface area contributed by atoms with Gasteiger partial charge in [0.1, 0.15) is 4.90 Å². The molecule has 0 radical (unpaired) electrons. The standard InChI is InChI=1S/C22H27N3O4S/c1-14(2)23-21(27)22(11-12-22)17-6-8-18(9-7-17)25-30(28,29)20-13-15(3)5-10-19(20)24-16(4)26/h5-10,13-14,25H,11-12H2,1-4H3,(H,23,27)(H,24,26). The SMILES string of the molecule is CC(=O)Nc1ccc(C)cc1S(=O)(=O)Nc1ccc(C2(C(=O)NC(C)C)CC2)cc1. The summed E-state index contributed by atoms with van der Waals surface area (Å²) in [5.74, 6) is -0.348. The predicted octanol–water partition coefficient (Wildman–Crippen LogP) is 3.31. The van der Waals surface area contributed by atoms with Crippen molar-refractivity contribution in [2.75, 3.05) is 10.0 Å². The second-order valence-corrected chi connectivity index (χ2v) is 9.72. The van der Waals surface area contributed by atoms with Crippen LogP contribution in [0.15, 0.2) is 47.4 Å². The average molecular weight is 430 g/mol. The summed E-state index contributed by atoms with van der Waals surface area (Å²) in [6.07, 6.45) is 1.56. The maximum absolute atomic E-state index is 13.0. The smallest absolute Gasteiger partial charge is 0.263 e. The summed E-state index contributed by atoms with van der Waals surface area (Å²) >= 11 is 0. The lowest BCUT2D eigenvalue weighted by Gasteiger charge is -2.18. The van der Waals surface area contributed by atoms with Crippen LogP contribution in [0.5, 0.6) is 0 Å². The molecule has 2 aromatic carbocycles. The molecule has 1 aliphatic rings. The van der Waals surface area contributed by atoms with E-state index in [1.807, 2.05) is 13.8 Å². The zero-order valence-corrected chi connectivity index (χ0v) is 18.4. The van der Waals surface area contributed by atoms with Crippen LogP contribution < -0.4 is 15.4 Å². The lowest BCUT2D eigenvalue weighted by Crippen LogP contribution is -2.38. The zero-order chi connectivity index (χ0) is 22.1. The number of benzene rings is 2. The molecule has 0 saturated heterocycles. The molecule has 3 rings (SSSR count). The Morgan fingerprint density at radius 2 is 1.67 bits per heavy atom. The van der Waals surface area contributed by atoms with Gasteiger partial charge in [0.05, 0.1) is 11.1 Å². The summed E-state index contributed by atoms with van der Waals surface area (Å²) < 4.78 is 28.5. The van der Waals surface area contributed by atoms with Crippen LogP contribution in [-0.4, -0.2) is 26.3 Å². The molecule has 3 N–H and O–H groups in total. The number of sulfonamides is 1. The molecule has 2 aromatic rings. The lowest BCUT2D eigenvalue weighted by molar-refractivity contribution is -0.124. The van der Waals surface area contributed by atoms with Gasteiger partial charge in [0.15, 0.2) is 0 Å². The Morgan fingerprint density at radius 3 is 2.20 bits per heavy atom. The molecule has 0 aromatic heterocycles. The quantitative estimate of drug-likeness (QED) is 0.628. The van der Waals surface area contributed by atoms with Crippen molar-refractivity contribution in [3.63, 3.8) is 0 Å². The number of hydrogen-bond donors (Lipinski definition) is 3. The van der Waals surface area contributed by atoms with Gasteiger partial charge in [-0.15, -0.1) is 0 Å². The highest BCUT2D eigenvalue weighted by Crippen LogP contribution is 2.48. The molecule has 0 unspecified atom stereocenters. The molecular weight excluding hydrogens is 402 g/mol. The van der Waals surface area contributed by atoms with E-state index in [0.29, 0.717) is 5.69 Å². The van der Waals surface area contributed by atoms with Crippen molar-refractivity contribution in [2.45, 2.75) is 56.9 Å². The van der Waals surface area contributed by atoms with E-state index in [1.54, 1.807) is 43.3 Å². The second kappa shape index (κ2) is 8.10. The topological polar surface area (TPSA) is 104 Å². The maximum atomic E-state index is 13.0. The van der Waals surface area contributed by atoms with Crippen LogP contribution in [0.2, 0.25) is 0 Å². The van der Waals surface area contributed by atoms with E-state index in [1.165, 1.54) is 13.0 Å². The summed E-state index contributed by atoms with van der Waals surface area (Å²) in [7, 11) is -3.92. The molecular formula is C22H27N3O4S. The van der Waals surface area contributed by atoms with Crippen molar-refractivity contribution in [1.82, 2.24) is 5.32 Å². The van der Waals surface area contributed by atoms with Gasteiger partial charge in [-0.3, -0.25) is 14.3 Å². The molecule has 0 heterocycles. The molecule has 0 atom stereocenters. The first-order valence-electron chi connectivity index (χ1n) is 9.86. The fraction of sp³-hybridized carbons (Fsp3) is 0.364. The van der Waals surface area contributed by atoms with E-state index >= 15 is 0 Å². The summed E-state index contributed by atoms with van der Waals surface area (Å²) in [6, 6.07) is 11.8. The third kappa shape index (κ3) is 4.64. The Hall–Kier alpha value is -2.87. The summed E-state index contributed by atoms with van der Waals surface area (Å²) in [6.45, 7) is 6.95. The molecule has 1 saturated carbocycles. The van der Waals surface area contributed by atoms with E-state index in [4.69, 9.17) is 0 Å². The Morgan fingerprint density at radius 1 is 1.03 bits per heavy atom. The van der Waals surface area contributed by atoms with Crippen molar-refractivity contribution in [2.24, 2.45) is 0 Å². The van der Waals surface area contributed by atoms with Crippen molar-refractivity contribution in [3.05, 3.63) is 53.6 Å². The average Bonchev–Trinajstić information content (AvgIpc) is 3.44. The molecule has 7 nitrogen and oxygen atoms in total. The van der Waals surface area contributed by atoms with E-state index in [-0.39, 0.29) is 28.4 Å². The first kappa shape index (κ1) is 21.8. The van der Waals surface area contributed by atoms with Gasteiger partial charge in [-0.05, 0) is 69.0 Å².